The number of hydrogen-bond acceptors (Lipinski definition) is 8. The molecule has 1 heterocycles. The Labute approximate surface area is 220 Å². The molecule has 5 atom stereocenters. The lowest BCUT2D eigenvalue weighted by Gasteiger charge is -2.27. The van der Waals surface area contributed by atoms with Gasteiger partial charge in [0.15, 0.2) is 0 Å². The summed E-state index contributed by atoms with van der Waals surface area (Å²) < 4.78 is 0. The lowest BCUT2D eigenvalue weighted by atomic mass is 9.97. The van der Waals surface area contributed by atoms with Gasteiger partial charge in [0, 0.05) is 24.1 Å². The number of H-pyrrole nitrogens is 1. The maximum Gasteiger partial charge on any atom is 0.326 e. The molecule has 0 aliphatic carbocycles. The first-order valence-electron chi connectivity index (χ1n) is 11.8. The molecule has 5 unspecified atom stereocenters. The number of amides is 3. The normalized spacial score (nSPS) is 15.0. The molecule has 37 heavy (non-hydrogen) atoms. The Bertz CT molecular complexity index is 1050. The molecule has 0 fully saturated rings. The minimum atomic E-state index is -1.24. The fraction of sp³-hybridized carbons (Fsp3) is 0.458. The van der Waals surface area contributed by atoms with Crippen molar-refractivity contribution < 1.29 is 29.4 Å². The van der Waals surface area contributed by atoms with Crippen LogP contribution in [-0.4, -0.2) is 73.8 Å². The summed E-state index contributed by atoms with van der Waals surface area (Å²) >= 11 is 4.16. The van der Waals surface area contributed by atoms with Crippen LogP contribution in [-0.2, 0) is 32.0 Å². The molecular formula is C24H34N6O6S. The van der Waals surface area contributed by atoms with E-state index in [1.807, 2.05) is 6.92 Å². The van der Waals surface area contributed by atoms with Crippen molar-refractivity contribution in [3.8, 4) is 5.75 Å². The topological polar surface area (TPSA) is 200 Å². The predicted octanol–water partition coefficient (Wildman–Crippen LogP) is -0.257. The number of benzene rings is 1. The number of aromatic nitrogens is 2. The first-order valence-corrected chi connectivity index (χ1v) is 12.4. The number of hydrogen-bond donors (Lipinski definition) is 8. The molecule has 13 heteroatoms. The van der Waals surface area contributed by atoms with Crippen molar-refractivity contribution in [3.05, 3.63) is 48.0 Å². The molecule has 1 aromatic heterocycles. The first kappa shape index (κ1) is 29.6. The van der Waals surface area contributed by atoms with Gasteiger partial charge in [-0.1, -0.05) is 32.4 Å². The summed E-state index contributed by atoms with van der Waals surface area (Å²) in [4.78, 5) is 57.0. The van der Waals surface area contributed by atoms with E-state index in [9.17, 15) is 29.4 Å². The maximum atomic E-state index is 13.0. The highest BCUT2D eigenvalue weighted by molar-refractivity contribution is 7.80. The minimum absolute atomic E-state index is 0.0174. The summed E-state index contributed by atoms with van der Waals surface area (Å²) in [6, 6.07) is 1.89. The fourth-order valence-electron chi connectivity index (χ4n) is 3.49. The minimum Gasteiger partial charge on any atom is -0.508 e. The molecule has 0 bridgehead atoms. The van der Waals surface area contributed by atoms with Gasteiger partial charge < -0.3 is 36.9 Å². The van der Waals surface area contributed by atoms with E-state index in [0.717, 1.165) is 5.56 Å². The summed E-state index contributed by atoms with van der Waals surface area (Å²) in [5.41, 5.74) is 7.24. The summed E-state index contributed by atoms with van der Waals surface area (Å²) in [5.74, 6) is -3.44. The van der Waals surface area contributed by atoms with Gasteiger partial charge in [-0.25, -0.2) is 9.78 Å². The number of carboxylic acids is 1. The van der Waals surface area contributed by atoms with Gasteiger partial charge >= 0.3 is 5.97 Å². The molecule has 0 aliphatic rings. The van der Waals surface area contributed by atoms with Crippen LogP contribution < -0.4 is 21.7 Å². The number of carboxylic acid groups (broad SMARTS) is 1. The molecule has 0 radical (unpaired) electrons. The predicted molar refractivity (Wildman–Crippen MR) is 139 cm³/mol. The largest absolute Gasteiger partial charge is 0.508 e. The van der Waals surface area contributed by atoms with Crippen molar-refractivity contribution >= 4 is 36.3 Å². The summed E-state index contributed by atoms with van der Waals surface area (Å²) in [7, 11) is 0. The van der Waals surface area contributed by atoms with E-state index in [1.165, 1.54) is 24.7 Å². The van der Waals surface area contributed by atoms with Crippen LogP contribution in [0.15, 0.2) is 36.8 Å². The zero-order valence-corrected chi connectivity index (χ0v) is 21.6. The number of nitrogens with zero attached hydrogens (tertiary/aromatic N) is 1. The van der Waals surface area contributed by atoms with Crippen LogP contribution in [0.1, 0.15) is 31.5 Å². The van der Waals surface area contributed by atoms with E-state index in [2.05, 4.69) is 38.5 Å². The van der Waals surface area contributed by atoms with Crippen LogP contribution in [0.3, 0.4) is 0 Å². The Balaban J connectivity index is 2.04. The molecule has 3 amide bonds. The van der Waals surface area contributed by atoms with Crippen LogP contribution in [0.4, 0.5) is 0 Å². The van der Waals surface area contributed by atoms with Gasteiger partial charge in [0.05, 0.1) is 12.4 Å². The molecule has 0 saturated heterocycles. The molecule has 0 spiro atoms. The van der Waals surface area contributed by atoms with E-state index in [4.69, 9.17) is 5.73 Å². The number of aliphatic carboxylic acids is 1. The van der Waals surface area contributed by atoms with Gasteiger partial charge in [-0.05, 0) is 30.0 Å². The third-order valence-electron chi connectivity index (χ3n) is 5.93. The Hall–Kier alpha value is -3.58. The molecule has 2 aromatic rings. The second-order valence-corrected chi connectivity index (χ2v) is 9.14. The average Bonchev–Trinajstić information content (AvgIpc) is 3.38. The number of phenols is 1. The second kappa shape index (κ2) is 14.2. The third-order valence-corrected chi connectivity index (χ3v) is 6.30. The molecule has 0 aliphatic heterocycles. The number of imidazole rings is 1. The summed E-state index contributed by atoms with van der Waals surface area (Å²) in [6.45, 7) is 3.58. The number of carbonyl (C=O) groups excluding carboxylic acids is 3. The molecule has 0 saturated carbocycles. The highest BCUT2D eigenvalue weighted by Gasteiger charge is 2.32. The number of phenolic OH excluding ortho intramolecular Hbond substituents is 1. The van der Waals surface area contributed by atoms with Crippen molar-refractivity contribution in [2.24, 2.45) is 11.7 Å². The number of rotatable bonds is 14. The van der Waals surface area contributed by atoms with E-state index in [1.54, 1.807) is 19.1 Å². The van der Waals surface area contributed by atoms with Gasteiger partial charge in [0.2, 0.25) is 17.7 Å². The molecule has 8 N–H and O–H groups in total. The Kier molecular flexibility index (Phi) is 11.4. The van der Waals surface area contributed by atoms with Gasteiger partial charge in [-0.2, -0.15) is 12.6 Å². The number of nitrogens with two attached hydrogens (primary N) is 1. The number of aromatic hydroxyl groups is 1. The van der Waals surface area contributed by atoms with Gasteiger partial charge in [-0.3, -0.25) is 14.4 Å². The third kappa shape index (κ3) is 9.10. The van der Waals surface area contributed by atoms with Crippen LogP contribution in [0.25, 0.3) is 0 Å². The Morgan fingerprint density at radius 1 is 1.03 bits per heavy atom. The van der Waals surface area contributed by atoms with E-state index < -0.39 is 47.9 Å². The molecule has 2 rings (SSSR count). The Morgan fingerprint density at radius 3 is 2.22 bits per heavy atom. The zero-order valence-electron chi connectivity index (χ0n) is 20.7. The second-order valence-electron chi connectivity index (χ2n) is 8.77. The van der Waals surface area contributed by atoms with Crippen LogP contribution >= 0.6 is 12.6 Å². The number of aromatic amines is 1. The fourth-order valence-corrected chi connectivity index (χ4v) is 3.74. The van der Waals surface area contributed by atoms with Gasteiger partial charge in [0.25, 0.3) is 0 Å². The van der Waals surface area contributed by atoms with Crippen LogP contribution in [0.2, 0.25) is 0 Å². The SMILES string of the molecule is CCC(C)C(NC(=O)C(CS)NC(=O)C(N)Cc1ccc(O)cc1)C(=O)NC(Cc1cnc[nH]1)C(=O)O. The Morgan fingerprint density at radius 2 is 1.68 bits per heavy atom. The average molecular weight is 535 g/mol. The smallest absolute Gasteiger partial charge is 0.326 e. The van der Waals surface area contributed by atoms with Crippen molar-refractivity contribution in [1.29, 1.82) is 0 Å². The van der Waals surface area contributed by atoms with Crippen molar-refractivity contribution in [1.82, 2.24) is 25.9 Å². The molecule has 12 nitrogen and oxygen atoms in total. The first-order chi connectivity index (χ1) is 17.5. The van der Waals surface area contributed by atoms with E-state index >= 15 is 0 Å². The standard InChI is InChI=1S/C24H34N6O6S/c1-3-13(2)20(23(34)28-18(24(35)36)9-15-10-26-12-27-15)30-22(33)19(11-37)29-21(32)17(25)8-14-4-6-16(31)7-5-14/h4-7,10,12-13,17-20,31,37H,3,8-9,11,25H2,1-2H3,(H,26,27)(H,28,34)(H,29,32)(H,30,33)(H,35,36). The molecule has 202 valence electrons. The quantitative estimate of drug-likeness (QED) is 0.152. The lowest BCUT2D eigenvalue weighted by molar-refractivity contribution is -0.142. The van der Waals surface area contributed by atoms with E-state index in [0.29, 0.717) is 12.1 Å². The number of carbonyl (C=O) groups is 4. The zero-order chi connectivity index (χ0) is 27.5. The van der Waals surface area contributed by atoms with Crippen molar-refractivity contribution in [2.45, 2.75) is 57.3 Å². The monoisotopic (exact) mass is 534 g/mol. The lowest BCUT2D eigenvalue weighted by Crippen LogP contribution is -2.59. The number of nitrogens with one attached hydrogen (secondary N) is 4. The molecular weight excluding hydrogens is 500 g/mol. The summed E-state index contributed by atoms with van der Waals surface area (Å²) in [6.07, 6.45) is 3.55. The number of thiol groups is 1. The van der Waals surface area contributed by atoms with Crippen LogP contribution in [0, 0.1) is 5.92 Å². The van der Waals surface area contributed by atoms with Crippen molar-refractivity contribution in [2.75, 3.05) is 5.75 Å². The highest BCUT2D eigenvalue weighted by Crippen LogP contribution is 2.12. The van der Waals surface area contributed by atoms with Crippen LogP contribution in [0.5, 0.6) is 5.75 Å². The summed E-state index contributed by atoms with van der Waals surface area (Å²) in [5, 5.41) is 26.6. The van der Waals surface area contributed by atoms with E-state index in [-0.39, 0.29) is 30.3 Å². The van der Waals surface area contributed by atoms with Crippen molar-refractivity contribution in [3.63, 3.8) is 0 Å². The highest BCUT2D eigenvalue weighted by atomic mass is 32.1. The maximum absolute atomic E-state index is 13.0. The molecule has 1 aromatic carbocycles. The van der Waals surface area contributed by atoms with Gasteiger partial charge in [0.1, 0.15) is 23.9 Å². The van der Waals surface area contributed by atoms with Gasteiger partial charge in [-0.15, -0.1) is 0 Å².